The fourth-order valence-electron chi connectivity index (χ4n) is 14.2. The summed E-state index contributed by atoms with van der Waals surface area (Å²) < 4.78 is 80.9. The molecule has 642 valence electrons. The highest BCUT2D eigenvalue weighted by atomic mass is 32.1. The van der Waals surface area contributed by atoms with E-state index in [1.54, 1.807) is 14.0 Å². The van der Waals surface area contributed by atoms with Crippen molar-refractivity contribution in [1.82, 2.24) is 59.9 Å². The molecule has 0 aliphatic heterocycles. The zero-order valence-electron chi connectivity index (χ0n) is 69.9. The van der Waals surface area contributed by atoms with Crippen LogP contribution in [0, 0.1) is 6.92 Å². The quantitative estimate of drug-likeness (QED) is 0.0253. The molecule has 0 atom stereocenters. The molecule has 0 saturated carbocycles. The van der Waals surface area contributed by atoms with Gasteiger partial charge in [0.25, 0.3) is 0 Å². The van der Waals surface area contributed by atoms with E-state index >= 15 is 0 Å². The summed E-state index contributed by atoms with van der Waals surface area (Å²) in [6.07, 6.45) is 5.74. The van der Waals surface area contributed by atoms with Crippen molar-refractivity contribution in [2.24, 2.45) is 0 Å². The molecule has 33 heteroatoms. The standard InChI is InChI=1S/C91H95N15O15S3/c1-58(2)104(68-23-20-62-46-71(89(107)119-77(62)49-68)86-92-74-14-8-11-17-82(74)122-86)55-65-52-101(98-95-65)26-29-110-32-35-113-38-41-116-80-44-61(7)45-81(117-42-39-114-36-33-111-30-27-102-53-66(96-99-102)56-105(59(3)4)69-24-21-63-47-72(90(108)120-78(63)50-69)87-93-75-15-9-12-18-83(75)123-87)85(80)118-43-40-115-37-34-112-31-28-103-54-67(97-100-103)57-106(60(5)6)70-25-22-64-48-73(91(109)121-79(64)51-70)88-94-76-16-10-13-19-84(76)124-88/h8-25,44-54,58-60H,26-43,55-57H2,1-7H3. The number of para-hydroxylation sites is 3. The molecule has 30 nitrogen and oxygen atoms in total. The predicted molar refractivity (Wildman–Crippen MR) is 480 cm³/mol. The zero-order chi connectivity index (χ0) is 85.4. The van der Waals surface area contributed by atoms with E-state index in [2.05, 4.69) is 102 Å². The maximum Gasteiger partial charge on any atom is 0.346 e. The molecule has 9 heterocycles. The lowest BCUT2D eigenvalue weighted by atomic mass is 10.1. The van der Waals surface area contributed by atoms with E-state index in [9.17, 15) is 14.4 Å². The SMILES string of the molecule is Cc1cc(OCCOCCOCCn2cc(CN(c3ccc4cc(-c5nc6ccccc6s5)c(=O)oc4c3)C(C)C)nn2)c(OCCOCCOCCn2cc(CN(c3ccc4cc(-c5nc6ccccc6s5)c(=O)oc4c3)C(C)C)nn2)c(OCCOCCOCCn2cc(CN(c3ccc4cc(-c5nc6ccccc6s5)c(=O)oc4c3)C(C)C)nn2)c1. The third kappa shape index (κ3) is 21.3. The molecular formula is C91H95N15O15S3. The first-order chi connectivity index (χ1) is 60.5. The molecule has 0 spiro atoms. The number of thiazole rings is 3. The summed E-state index contributed by atoms with van der Waals surface area (Å²) in [7, 11) is 0. The Morgan fingerprint density at radius 2 is 0.653 bits per heavy atom. The smallest absolute Gasteiger partial charge is 0.346 e. The molecule has 0 N–H and O–H groups in total. The molecule has 0 unspecified atom stereocenters. The van der Waals surface area contributed by atoms with Crippen molar-refractivity contribution in [1.29, 1.82) is 0 Å². The number of fused-ring (bicyclic) bond motifs is 6. The Balaban J connectivity index is 0.470. The van der Waals surface area contributed by atoms with Crippen molar-refractivity contribution in [2.75, 3.05) is 114 Å². The van der Waals surface area contributed by atoms with Crippen LogP contribution in [0.15, 0.2) is 204 Å². The molecule has 16 aromatic rings. The molecule has 0 amide bonds. The van der Waals surface area contributed by atoms with E-state index in [4.69, 9.17) is 55.9 Å². The second kappa shape index (κ2) is 40.4. The van der Waals surface area contributed by atoms with Crippen LogP contribution in [0.5, 0.6) is 17.2 Å². The van der Waals surface area contributed by atoms with Crippen molar-refractivity contribution < 1.29 is 55.9 Å². The number of aromatic nitrogens is 12. The van der Waals surface area contributed by atoms with Gasteiger partial charge in [-0.15, -0.1) is 49.3 Å². The molecule has 7 aromatic carbocycles. The van der Waals surface area contributed by atoms with Crippen LogP contribution < -0.4 is 45.8 Å². The van der Waals surface area contributed by atoms with E-state index in [1.807, 2.05) is 183 Å². The largest absolute Gasteiger partial charge is 0.487 e. The van der Waals surface area contributed by atoms with Gasteiger partial charge in [-0.3, -0.25) is 0 Å². The van der Waals surface area contributed by atoms with Crippen LogP contribution in [0.3, 0.4) is 0 Å². The average Bonchev–Trinajstić information content (AvgIpc) is 1.42. The number of benzene rings is 7. The fraction of sp³-hybridized carbons (Fsp3) is 0.341. The lowest BCUT2D eigenvalue weighted by Crippen LogP contribution is -2.30. The van der Waals surface area contributed by atoms with Crippen LogP contribution in [0.2, 0.25) is 0 Å². The first-order valence-electron chi connectivity index (χ1n) is 41.3. The van der Waals surface area contributed by atoms with Crippen molar-refractivity contribution >= 4 is 115 Å². The third-order valence-electron chi connectivity index (χ3n) is 20.5. The second-order valence-corrected chi connectivity index (χ2v) is 33.5. The Kier molecular flexibility index (Phi) is 27.8. The number of nitrogens with zero attached hydrogens (tertiary/aromatic N) is 15. The van der Waals surface area contributed by atoms with Crippen molar-refractivity contribution in [3.8, 4) is 49.0 Å². The highest BCUT2D eigenvalue weighted by Gasteiger charge is 2.24. The van der Waals surface area contributed by atoms with Gasteiger partial charge in [-0.25, -0.2) is 43.4 Å². The molecule has 9 aromatic heterocycles. The van der Waals surface area contributed by atoms with Crippen LogP contribution in [0.25, 0.3) is 95.3 Å². The van der Waals surface area contributed by atoms with Crippen molar-refractivity contribution in [3.63, 3.8) is 0 Å². The van der Waals surface area contributed by atoms with Crippen LogP contribution in [0.4, 0.5) is 17.1 Å². The van der Waals surface area contributed by atoms with Gasteiger partial charge in [-0.05, 0) is 157 Å². The Morgan fingerprint density at radius 1 is 0.355 bits per heavy atom. The molecule has 0 aliphatic carbocycles. The lowest BCUT2D eigenvalue weighted by molar-refractivity contribution is 0.0282. The Bertz CT molecular complexity index is 6150. The van der Waals surface area contributed by atoms with Gasteiger partial charge in [-0.1, -0.05) is 52.0 Å². The van der Waals surface area contributed by atoms with Crippen molar-refractivity contribution in [3.05, 3.63) is 230 Å². The van der Waals surface area contributed by atoms with Gasteiger partial charge >= 0.3 is 16.9 Å². The lowest BCUT2D eigenvalue weighted by Gasteiger charge is -2.28. The highest BCUT2D eigenvalue weighted by Crippen LogP contribution is 2.40. The van der Waals surface area contributed by atoms with E-state index in [-0.39, 0.29) is 57.8 Å². The number of hydrogen-bond acceptors (Lipinski definition) is 30. The molecule has 0 radical (unpaired) electrons. The third-order valence-corrected chi connectivity index (χ3v) is 23.7. The molecule has 124 heavy (non-hydrogen) atoms. The first kappa shape index (κ1) is 85.4. The Hall–Kier alpha value is -12.2. The monoisotopic (exact) mass is 1730 g/mol. The minimum absolute atomic E-state index is 0.0928. The topological polar surface area (TPSA) is 314 Å². The normalized spacial score (nSPS) is 11.9. The molecule has 0 saturated heterocycles. The fourth-order valence-corrected chi connectivity index (χ4v) is 17.1. The summed E-state index contributed by atoms with van der Waals surface area (Å²) >= 11 is 4.40. The van der Waals surface area contributed by atoms with Crippen LogP contribution in [-0.2, 0) is 67.7 Å². The van der Waals surface area contributed by atoms with E-state index in [1.165, 1.54) is 34.0 Å². The van der Waals surface area contributed by atoms with Gasteiger partial charge < -0.3 is 70.6 Å². The van der Waals surface area contributed by atoms with Gasteiger partial charge in [-0.2, -0.15) is 0 Å². The summed E-state index contributed by atoms with van der Waals surface area (Å²) in [6.45, 7) is 22.1. The predicted octanol–water partition coefficient (Wildman–Crippen LogP) is 15.5. The number of aryl methyl sites for hydroxylation is 1. The molecule has 16 rings (SSSR count). The first-order valence-corrected chi connectivity index (χ1v) is 43.8. The second-order valence-electron chi connectivity index (χ2n) is 30.4. The average molecular weight is 1740 g/mol. The van der Waals surface area contributed by atoms with Gasteiger partial charge in [0.1, 0.15) is 68.7 Å². The Labute approximate surface area is 725 Å². The van der Waals surface area contributed by atoms with E-state index in [0.29, 0.717) is 164 Å². The van der Waals surface area contributed by atoms with Crippen LogP contribution in [-0.4, -0.2) is 177 Å². The summed E-state index contributed by atoms with van der Waals surface area (Å²) in [4.78, 5) is 60.5. The number of hydrogen-bond donors (Lipinski definition) is 0. The minimum Gasteiger partial charge on any atom is -0.487 e. The van der Waals surface area contributed by atoms with Gasteiger partial charge in [0.15, 0.2) is 11.5 Å². The number of ether oxygens (including phenoxy) is 9. The summed E-state index contributed by atoms with van der Waals surface area (Å²) in [5.74, 6) is 1.39. The summed E-state index contributed by atoms with van der Waals surface area (Å²) in [6, 6.07) is 50.8. The van der Waals surface area contributed by atoms with Gasteiger partial charge in [0.2, 0.25) is 5.75 Å². The summed E-state index contributed by atoms with van der Waals surface area (Å²) in [5.41, 5.74) is 9.91. The van der Waals surface area contributed by atoms with E-state index in [0.717, 1.165) is 86.5 Å². The number of rotatable bonds is 45. The van der Waals surface area contributed by atoms with Gasteiger partial charge in [0.05, 0.1) is 184 Å². The van der Waals surface area contributed by atoms with Crippen LogP contribution in [0.1, 0.15) is 64.2 Å². The molecular weight excluding hydrogens is 1640 g/mol. The zero-order valence-corrected chi connectivity index (χ0v) is 72.3. The molecule has 0 fully saturated rings. The van der Waals surface area contributed by atoms with Crippen molar-refractivity contribution in [2.45, 2.75) is 106 Å². The Morgan fingerprint density at radius 3 is 0.968 bits per heavy atom. The maximum absolute atomic E-state index is 13.3. The van der Waals surface area contributed by atoms with Crippen LogP contribution >= 0.6 is 34.0 Å². The van der Waals surface area contributed by atoms with E-state index < -0.39 is 16.9 Å². The minimum atomic E-state index is -0.434. The molecule has 0 bridgehead atoms. The molecule has 0 aliphatic rings. The summed E-state index contributed by atoms with van der Waals surface area (Å²) in [5, 5.41) is 30.9. The number of anilines is 3. The maximum atomic E-state index is 13.3. The van der Waals surface area contributed by atoms with Gasteiger partial charge in [0, 0.05) is 69.5 Å². The highest BCUT2D eigenvalue weighted by molar-refractivity contribution is 7.22.